The highest BCUT2D eigenvalue weighted by molar-refractivity contribution is 7.98. The van der Waals surface area contributed by atoms with Crippen LogP contribution in [0.3, 0.4) is 0 Å². The largest absolute Gasteiger partial charge is 0.309 e. The van der Waals surface area contributed by atoms with E-state index in [2.05, 4.69) is 47.2 Å². The molecule has 9 heteroatoms. The number of nitrogens with one attached hydrogen (secondary N) is 1. The molecule has 34 heavy (non-hydrogen) atoms. The number of halogens is 1. The van der Waals surface area contributed by atoms with E-state index in [9.17, 15) is 4.79 Å². The number of nitrogens with zero attached hydrogens (tertiary/aromatic N) is 4. The highest BCUT2D eigenvalue weighted by atomic mass is 35.5. The van der Waals surface area contributed by atoms with Gasteiger partial charge in [-0.1, -0.05) is 47.6 Å². The summed E-state index contributed by atoms with van der Waals surface area (Å²) in [5.74, 6) is 1.73. The minimum Gasteiger partial charge on any atom is -0.309 e. The van der Waals surface area contributed by atoms with Gasteiger partial charge < -0.3 is 4.98 Å². The lowest BCUT2D eigenvalue weighted by Gasteiger charge is -2.14. The van der Waals surface area contributed by atoms with E-state index in [1.54, 1.807) is 11.3 Å². The molecule has 5 rings (SSSR count). The molecule has 5 aromatic rings. The number of aromatic nitrogens is 5. The average Bonchev–Trinajstić information content (AvgIpc) is 3.35. The van der Waals surface area contributed by atoms with E-state index in [-0.39, 0.29) is 5.56 Å². The van der Waals surface area contributed by atoms with Crippen molar-refractivity contribution < 1.29 is 0 Å². The number of benzene rings is 2. The summed E-state index contributed by atoms with van der Waals surface area (Å²) in [6.45, 7) is 8.10. The minimum absolute atomic E-state index is 0.102. The molecule has 0 aliphatic carbocycles. The molecular formula is C25H22ClN5OS2. The molecule has 0 radical (unpaired) electrons. The Bertz CT molecular complexity index is 1600. The topological polar surface area (TPSA) is 76.5 Å². The SMILES string of the molecule is Cc1ccc(C)c(-n2c(SCc3nc4sc(C)c(C)c4c(=O)[nH]3)nnc2-c2ccccc2Cl)c1. The zero-order valence-corrected chi connectivity index (χ0v) is 21.5. The third-order valence-corrected chi connectivity index (χ3v) is 8.15. The number of rotatable bonds is 5. The molecule has 3 heterocycles. The van der Waals surface area contributed by atoms with Gasteiger partial charge in [0.25, 0.3) is 5.56 Å². The zero-order chi connectivity index (χ0) is 24.0. The van der Waals surface area contributed by atoms with E-state index in [1.807, 2.05) is 42.7 Å². The van der Waals surface area contributed by atoms with Crippen molar-refractivity contribution in [3.63, 3.8) is 0 Å². The predicted octanol–water partition coefficient (Wildman–Crippen LogP) is 6.41. The number of hydrogen-bond donors (Lipinski definition) is 1. The van der Waals surface area contributed by atoms with Crippen LogP contribution in [-0.2, 0) is 5.75 Å². The number of thioether (sulfide) groups is 1. The second-order valence-corrected chi connectivity index (χ2v) is 10.7. The Hall–Kier alpha value is -2.94. The van der Waals surface area contributed by atoms with Crippen molar-refractivity contribution in [2.75, 3.05) is 0 Å². The molecule has 0 atom stereocenters. The highest BCUT2D eigenvalue weighted by Gasteiger charge is 2.20. The monoisotopic (exact) mass is 507 g/mol. The van der Waals surface area contributed by atoms with Gasteiger partial charge in [-0.15, -0.1) is 21.5 Å². The van der Waals surface area contributed by atoms with E-state index in [1.165, 1.54) is 11.8 Å². The van der Waals surface area contributed by atoms with E-state index in [0.717, 1.165) is 37.6 Å². The van der Waals surface area contributed by atoms with Crippen molar-refractivity contribution in [1.82, 2.24) is 24.7 Å². The van der Waals surface area contributed by atoms with Gasteiger partial charge in [-0.2, -0.15) is 0 Å². The molecule has 0 spiro atoms. The summed E-state index contributed by atoms with van der Waals surface area (Å²) in [4.78, 5) is 22.2. The van der Waals surface area contributed by atoms with E-state index in [4.69, 9.17) is 16.6 Å². The van der Waals surface area contributed by atoms with Crippen LogP contribution in [0.2, 0.25) is 5.02 Å². The molecule has 172 valence electrons. The van der Waals surface area contributed by atoms with Gasteiger partial charge in [-0.3, -0.25) is 9.36 Å². The van der Waals surface area contributed by atoms with Crippen molar-refractivity contribution in [3.05, 3.63) is 85.2 Å². The van der Waals surface area contributed by atoms with Gasteiger partial charge in [-0.05, 0) is 62.6 Å². The van der Waals surface area contributed by atoms with E-state index >= 15 is 0 Å². The number of aromatic amines is 1. The van der Waals surface area contributed by atoms with Gasteiger partial charge in [0.1, 0.15) is 10.7 Å². The van der Waals surface area contributed by atoms with E-state index < -0.39 is 0 Å². The first kappa shape index (κ1) is 22.8. The molecule has 0 fully saturated rings. The molecule has 6 nitrogen and oxygen atoms in total. The third-order valence-electron chi connectivity index (χ3n) is 5.78. The summed E-state index contributed by atoms with van der Waals surface area (Å²) in [5, 5.41) is 11.0. The molecule has 0 aliphatic heterocycles. The smallest absolute Gasteiger partial charge is 0.259 e. The molecule has 0 amide bonds. The second-order valence-electron chi connectivity index (χ2n) is 8.18. The van der Waals surface area contributed by atoms with Crippen LogP contribution in [0.25, 0.3) is 27.3 Å². The van der Waals surface area contributed by atoms with Crippen LogP contribution in [0.15, 0.2) is 52.4 Å². The van der Waals surface area contributed by atoms with Crippen LogP contribution in [0.5, 0.6) is 0 Å². The van der Waals surface area contributed by atoms with Crippen LogP contribution < -0.4 is 5.56 Å². The quantitative estimate of drug-likeness (QED) is 0.278. The van der Waals surface area contributed by atoms with Gasteiger partial charge in [0.15, 0.2) is 11.0 Å². The lowest BCUT2D eigenvalue weighted by molar-refractivity contribution is 0.877. The Morgan fingerprint density at radius 3 is 2.68 bits per heavy atom. The molecular weight excluding hydrogens is 486 g/mol. The first-order valence-corrected chi connectivity index (χ1v) is 12.9. The Morgan fingerprint density at radius 2 is 1.88 bits per heavy atom. The molecule has 3 aromatic heterocycles. The normalized spacial score (nSPS) is 11.4. The molecule has 0 unspecified atom stereocenters. The van der Waals surface area contributed by atoms with Gasteiger partial charge in [0.2, 0.25) is 0 Å². The summed E-state index contributed by atoms with van der Waals surface area (Å²) in [5.41, 5.74) is 4.92. The summed E-state index contributed by atoms with van der Waals surface area (Å²) in [6, 6.07) is 13.9. The van der Waals surface area contributed by atoms with Crippen LogP contribution in [-0.4, -0.2) is 24.7 Å². The molecule has 2 aromatic carbocycles. The van der Waals surface area contributed by atoms with Crippen LogP contribution >= 0.6 is 34.7 Å². The van der Waals surface area contributed by atoms with Crippen molar-refractivity contribution in [3.8, 4) is 17.1 Å². The van der Waals surface area contributed by atoms with Gasteiger partial charge in [0.05, 0.1) is 21.8 Å². The summed E-state index contributed by atoms with van der Waals surface area (Å²) >= 11 is 9.55. The standard InChI is InChI=1S/C25H22ClN5OS2/c1-13-9-10-14(2)19(11-13)31-22(17-7-5-6-8-18(17)26)29-30-25(31)33-12-20-27-23(32)21-15(3)16(4)34-24(21)28-20/h5-11H,12H2,1-4H3,(H,27,28,32). The predicted molar refractivity (Wildman–Crippen MR) is 141 cm³/mol. The number of thiophene rings is 1. The van der Waals surface area contributed by atoms with Crippen molar-refractivity contribution in [2.45, 2.75) is 38.6 Å². The fraction of sp³-hybridized carbons (Fsp3) is 0.200. The van der Waals surface area contributed by atoms with Crippen LogP contribution in [0.1, 0.15) is 27.4 Å². The fourth-order valence-electron chi connectivity index (χ4n) is 3.86. The highest BCUT2D eigenvalue weighted by Crippen LogP contribution is 2.34. The van der Waals surface area contributed by atoms with Crippen molar-refractivity contribution in [1.29, 1.82) is 0 Å². The van der Waals surface area contributed by atoms with E-state index in [0.29, 0.717) is 33.0 Å². The number of aryl methyl sites for hydroxylation is 4. The summed E-state index contributed by atoms with van der Waals surface area (Å²) in [7, 11) is 0. The van der Waals surface area contributed by atoms with Gasteiger partial charge >= 0.3 is 0 Å². The maximum absolute atomic E-state index is 12.7. The van der Waals surface area contributed by atoms with Crippen LogP contribution in [0.4, 0.5) is 0 Å². The minimum atomic E-state index is -0.102. The maximum atomic E-state index is 12.7. The first-order valence-electron chi connectivity index (χ1n) is 10.7. The molecule has 0 bridgehead atoms. The Balaban J connectivity index is 1.59. The molecule has 0 aliphatic rings. The maximum Gasteiger partial charge on any atom is 0.259 e. The Kier molecular flexibility index (Phi) is 6.06. The zero-order valence-electron chi connectivity index (χ0n) is 19.1. The number of hydrogen-bond acceptors (Lipinski definition) is 6. The second kappa shape index (κ2) is 9.02. The van der Waals surface area contributed by atoms with Crippen molar-refractivity contribution >= 4 is 44.9 Å². The lowest BCUT2D eigenvalue weighted by Crippen LogP contribution is -2.11. The van der Waals surface area contributed by atoms with Gasteiger partial charge in [-0.25, -0.2) is 4.98 Å². The Morgan fingerprint density at radius 1 is 1.09 bits per heavy atom. The Labute approximate surface area is 210 Å². The first-order chi connectivity index (χ1) is 16.3. The molecule has 0 saturated carbocycles. The average molecular weight is 508 g/mol. The fourth-order valence-corrected chi connectivity index (χ4v) is 5.94. The van der Waals surface area contributed by atoms with Crippen LogP contribution in [0, 0.1) is 27.7 Å². The lowest BCUT2D eigenvalue weighted by atomic mass is 10.1. The number of H-pyrrole nitrogens is 1. The van der Waals surface area contributed by atoms with Gasteiger partial charge in [0, 0.05) is 10.4 Å². The van der Waals surface area contributed by atoms with Crippen molar-refractivity contribution in [2.24, 2.45) is 0 Å². The molecule has 0 saturated heterocycles. The summed E-state index contributed by atoms with van der Waals surface area (Å²) in [6.07, 6.45) is 0. The number of fused-ring (bicyclic) bond motifs is 1. The molecule has 1 N–H and O–H groups in total. The third kappa shape index (κ3) is 4.06. The summed E-state index contributed by atoms with van der Waals surface area (Å²) < 4.78 is 2.03.